The van der Waals surface area contributed by atoms with Gasteiger partial charge in [-0.3, -0.25) is 9.59 Å². The predicted octanol–water partition coefficient (Wildman–Crippen LogP) is 1.93. The van der Waals surface area contributed by atoms with E-state index in [-0.39, 0.29) is 11.8 Å². The molecular weight excluding hydrogens is 290 g/mol. The number of rotatable bonds is 5. The van der Waals surface area contributed by atoms with Crippen LogP contribution in [0, 0.1) is 5.92 Å². The zero-order valence-corrected chi connectivity index (χ0v) is 13.5. The zero-order valence-electron chi connectivity index (χ0n) is 13.5. The molecule has 3 rings (SSSR count). The van der Waals surface area contributed by atoms with Gasteiger partial charge in [0, 0.05) is 30.8 Å². The van der Waals surface area contributed by atoms with Gasteiger partial charge in [0.05, 0.1) is 0 Å². The van der Waals surface area contributed by atoms with E-state index >= 15 is 0 Å². The van der Waals surface area contributed by atoms with Crippen molar-refractivity contribution in [2.75, 3.05) is 31.1 Å². The fourth-order valence-electron chi connectivity index (χ4n) is 3.38. The second-order valence-electron chi connectivity index (χ2n) is 6.45. The normalized spacial score (nSPS) is 21.5. The van der Waals surface area contributed by atoms with Crippen LogP contribution in [0.4, 0.5) is 5.69 Å². The molecule has 124 valence electrons. The largest absolute Gasteiger partial charge is 0.352 e. The van der Waals surface area contributed by atoms with Crippen molar-refractivity contribution in [3.63, 3.8) is 0 Å². The maximum Gasteiger partial charge on any atom is 0.251 e. The van der Waals surface area contributed by atoms with Gasteiger partial charge in [0.25, 0.3) is 5.91 Å². The molecule has 0 aromatic heterocycles. The van der Waals surface area contributed by atoms with Gasteiger partial charge >= 0.3 is 0 Å². The summed E-state index contributed by atoms with van der Waals surface area (Å²) in [5.74, 6) is 0.809. The second-order valence-corrected chi connectivity index (χ2v) is 6.45. The van der Waals surface area contributed by atoms with Gasteiger partial charge in [-0.2, -0.15) is 0 Å². The lowest BCUT2D eigenvalue weighted by Crippen LogP contribution is -2.33. The van der Waals surface area contributed by atoms with Crippen molar-refractivity contribution in [1.29, 1.82) is 0 Å². The zero-order chi connectivity index (χ0) is 16.1. The van der Waals surface area contributed by atoms with Gasteiger partial charge in [0.1, 0.15) is 0 Å². The van der Waals surface area contributed by atoms with Crippen LogP contribution >= 0.6 is 0 Å². The molecule has 0 spiro atoms. The van der Waals surface area contributed by atoms with E-state index in [2.05, 4.69) is 10.6 Å². The average molecular weight is 315 g/mol. The monoisotopic (exact) mass is 315 g/mol. The highest BCUT2D eigenvalue weighted by Gasteiger charge is 2.21. The summed E-state index contributed by atoms with van der Waals surface area (Å²) in [7, 11) is 0. The Balaban J connectivity index is 1.48. The van der Waals surface area contributed by atoms with Crippen LogP contribution in [0.2, 0.25) is 0 Å². The molecule has 5 nitrogen and oxygen atoms in total. The average Bonchev–Trinajstić information content (AvgIpc) is 3.02. The molecule has 0 aliphatic carbocycles. The summed E-state index contributed by atoms with van der Waals surface area (Å²) < 4.78 is 0. The van der Waals surface area contributed by atoms with Crippen LogP contribution < -0.4 is 15.5 Å². The number of hydrogen-bond donors (Lipinski definition) is 2. The van der Waals surface area contributed by atoms with Crippen LogP contribution in [0.3, 0.4) is 0 Å². The molecule has 1 atom stereocenters. The van der Waals surface area contributed by atoms with Crippen LogP contribution in [0.25, 0.3) is 0 Å². The van der Waals surface area contributed by atoms with E-state index in [0.717, 1.165) is 44.7 Å². The van der Waals surface area contributed by atoms with Gasteiger partial charge in [-0.1, -0.05) is 0 Å². The van der Waals surface area contributed by atoms with Crippen molar-refractivity contribution in [3.8, 4) is 0 Å². The molecule has 2 aliphatic rings. The SMILES string of the molecule is O=C(NCCC1CCCNC1)c1ccc(N2CCCC2=O)cc1. The van der Waals surface area contributed by atoms with E-state index in [4.69, 9.17) is 0 Å². The number of nitrogens with one attached hydrogen (secondary N) is 2. The summed E-state index contributed by atoms with van der Waals surface area (Å²) in [6.07, 6.45) is 5.05. The summed E-state index contributed by atoms with van der Waals surface area (Å²) in [4.78, 5) is 25.7. The number of benzene rings is 1. The fraction of sp³-hybridized carbons (Fsp3) is 0.556. The lowest BCUT2D eigenvalue weighted by molar-refractivity contribution is -0.117. The molecule has 0 radical (unpaired) electrons. The molecule has 2 heterocycles. The molecule has 1 aromatic rings. The summed E-state index contributed by atoms with van der Waals surface area (Å²) in [5.41, 5.74) is 1.54. The summed E-state index contributed by atoms with van der Waals surface area (Å²) in [5, 5.41) is 6.39. The Bertz CT molecular complexity index is 550. The van der Waals surface area contributed by atoms with Crippen LogP contribution in [0.5, 0.6) is 0 Å². The topological polar surface area (TPSA) is 61.4 Å². The first kappa shape index (κ1) is 16.0. The molecule has 2 N–H and O–H groups in total. The molecule has 1 unspecified atom stereocenters. The Kier molecular flexibility index (Phi) is 5.28. The first-order valence-electron chi connectivity index (χ1n) is 8.63. The van der Waals surface area contributed by atoms with E-state index < -0.39 is 0 Å². The summed E-state index contributed by atoms with van der Waals surface area (Å²) >= 11 is 0. The second kappa shape index (κ2) is 7.59. The molecular formula is C18H25N3O2. The van der Waals surface area contributed by atoms with E-state index in [1.807, 2.05) is 12.1 Å². The van der Waals surface area contributed by atoms with Gasteiger partial charge in [-0.25, -0.2) is 0 Å². The molecule has 2 saturated heterocycles. The predicted molar refractivity (Wildman–Crippen MR) is 90.6 cm³/mol. The van der Waals surface area contributed by atoms with Crippen molar-refractivity contribution in [3.05, 3.63) is 29.8 Å². The summed E-state index contributed by atoms with van der Waals surface area (Å²) in [6, 6.07) is 7.34. The van der Waals surface area contributed by atoms with Crippen molar-refractivity contribution in [1.82, 2.24) is 10.6 Å². The van der Waals surface area contributed by atoms with Gasteiger partial charge in [-0.15, -0.1) is 0 Å². The highest BCUT2D eigenvalue weighted by molar-refractivity contribution is 5.97. The number of carbonyl (C=O) groups excluding carboxylic acids is 2. The smallest absolute Gasteiger partial charge is 0.251 e. The Hall–Kier alpha value is -1.88. The highest BCUT2D eigenvalue weighted by Crippen LogP contribution is 2.21. The van der Waals surface area contributed by atoms with Gasteiger partial charge in [0.15, 0.2) is 0 Å². The van der Waals surface area contributed by atoms with Crippen LogP contribution in [-0.4, -0.2) is 38.0 Å². The lowest BCUT2D eigenvalue weighted by Gasteiger charge is -2.22. The third-order valence-electron chi connectivity index (χ3n) is 4.75. The third-order valence-corrected chi connectivity index (χ3v) is 4.75. The maximum atomic E-state index is 12.2. The van der Waals surface area contributed by atoms with Gasteiger partial charge < -0.3 is 15.5 Å². The van der Waals surface area contributed by atoms with Crippen LogP contribution in [0.15, 0.2) is 24.3 Å². The van der Waals surface area contributed by atoms with Crippen molar-refractivity contribution < 1.29 is 9.59 Å². The molecule has 23 heavy (non-hydrogen) atoms. The molecule has 5 heteroatoms. The Morgan fingerprint density at radius 1 is 1.26 bits per heavy atom. The van der Waals surface area contributed by atoms with E-state index in [0.29, 0.717) is 17.9 Å². The molecule has 2 amide bonds. The first-order chi connectivity index (χ1) is 11.2. The van der Waals surface area contributed by atoms with Crippen LogP contribution in [-0.2, 0) is 4.79 Å². The van der Waals surface area contributed by atoms with E-state index in [1.165, 1.54) is 12.8 Å². The minimum Gasteiger partial charge on any atom is -0.352 e. The van der Waals surface area contributed by atoms with Crippen molar-refractivity contribution in [2.24, 2.45) is 5.92 Å². The van der Waals surface area contributed by atoms with Crippen LogP contribution in [0.1, 0.15) is 42.5 Å². The Morgan fingerprint density at radius 3 is 2.74 bits per heavy atom. The fourth-order valence-corrected chi connectivity index (χ4v) is 3.38. The Labute approximate surface area is 137 Å². The standard InChI is InChI=1S/C18H25N3O2/c22-17-4-2-12-21(17)16-7-5-15(6-8-16)18(23)20-11-9-14-3-1-10-19-13-14/h5-8,14,19H,1-4,9-13H2,(H,20,23). The molecule has 2 aliphatic heterocycles. The Morgan fingerprint density at radius 2 is 2.09 bits per heavy atom. The maximum absolute atomic E-state index is 12.2. The van der Waals surface area contributed by atoms with Gasteiger partial charge in [0.2, 0.25) is 5.91 Å². The number of piperidine rings is 1. The molecule has 1 aromatic carbocycles. The van der Waals surface area contributed by atoms with E-state index in [1.54, 1.807) is 17.0 Å². The number of carbonyl (C=O) groups is 2. The number of amides is 2. The third kappa shape index (κ3) is 4.10. The first-order valence-corrected chi connectivity index (χ1v) is 8.63. The number of nitrogens with zero attached hydrogens (tertiary/aromatic N) is 1. The minimum atomic E-state index is -0.0342. The molecule has 2 fully saturated rings. The summed E-state index contributed by atoms with van der Waals surface area (Å²) in [6.45, 7) is 3.68. The quantitative estimate of drug-likeness (QED) is 0.873. The molecule has 0 saturated carbocycles. The number of anilines is 1. The number of hydrogen-bond acceptors (Lipinski definition) is 3. The van der Waals surface area contributed by atoms with Crippen molar-refractivity contribution >= 4 is 17.5 Å². The minimum absolute atomic E-state index is 0.0342. The van der Waals surface area contributed by atoms with Crippen molar-refractivity contribution in [2.45, 2.75) is 32.1 Å². The molecule has 0 bridgehead atoms. The van der Waals surface area contributed by atoms with E-state index in [9.17, 15) is 9.59 Å². The lowest BCUT2D eigenvalue weighted by atomic mass is 9.96. The van der Waals surface area contributed by atoms with Gasteiger partial charge in [-0.05, 0) is 69.0 Å². The highest BCUT2D eigenvalue weighted by atomic mass is 16.2.